The predicted octanol–water partition coefficient (Wildman–Crippen LogP) is 3.40. The van der Waals surface area contributed by atoms with Crippen molar-refractivity contribution in [3.05, 3.63) is 18.4 Å². The number of amides is 1. The van der Waals surface area contributed by atoms with Gasteiger partial charge in [-0.2, -0.15) is 0 Å². The van der Waals surface area contributed by atoms with Gasteiger partial charge in [-0.1, -0.05) is 18.2 Å². The Bertz CT molecular complexity index is 874. The van der Waals surface area contributed by atoms with Gasteiger partial charge in [-0.3, -0.25) is 9.36 Å². The van der Waals surface area contributed by atoms with Gasteiger partial charge in [-0.15, -0.1) is 10.2 Å². The molecule has 3 heterocycles. The van der Waals surface area contributed by atoms with Crippen LogP contribution in [0.5, 0.6) is 0 Å². The summed E-state index contributed by atoms with van der Waals surface area (Å²) in [6, 6.07) is 4.13. The molecule has 0 radical (unpaired) electrons. The molecule has 1 amide bonds. The number of hydrogen-bond acceptors (Lipinski definition) is 6. The second-order valence-electron chi connectivity index (χ2n) is 9.21. The van der Waals surface area contributed by atoms with Gasteiger partial charge in [0.15, 0.2) is 10.9 Å². The quantitative estimate of drug-likeness (QED) is 0.656. The summed E-state index contributed by atoms with van der Waals surface area (Å²) in [7, 11) is 2.10. The Kier molecular flexibility index (Phi) is 5.62. The number of hydrogen-bond donors (Lipinski definition) is 0. The molecule has 2 aromatic rings. The largest absolute Gasteiger partial charge is 0.461 e. The monoisotopic (exact) mass is 429 g/mol. The van der Waals surface area contributed by atoms with E-state index in [1.165, 1.54) is 37.4 Å². The van der Waals surface area contributed by atoms with Crippen molar-refractivity contribution in [1.82, 2.24) is 24.6 Å². The number of carbonyl (C=O) groups is 1. The molecule has 4 unspecified atom stereocenters. The van der Waals surface area contributed by atoms with E-state index in [4.69, 9.17) is 4.42 Å². The number of fused-ring (bicyclic) bond motifs is 2. The molecule has 2 bridgehead atoms. The third-order valence-electron chi connectivity index (χ3n) is 7.41. The zero-order chi connectivity index (χ0) is 20.7. The zero-order valence-electron chi connectivity index (χ0n) is 17.9. The summed E-state index contributed by atoms with van der Waals surface area (Å²) in [5.74, 6) is 4.47. The van der Waals surface area contributed by atoms with Gasteiger partial charge in [0.25, 0.3) is 0 Å². The summed E-state index contributed by atoms with van der Waals surface area (Å²) in [6.45, 7) is 5.80. The van der Waals surface area contributed by atoms with Crippen LogP contribution in [0.4, 0.5) is 0 Å². The summed E-state index contributed by atoms with van der Waals surface area (Å²) in [6.07, 6.45) is 7.09. The molecule has 1 aliphatic heterocycles. The van der Waals surface area contributed by atoms with Crippen LogP contribution in [0.1, 0.15) is 38.6 Å². The molecule has 3 fully saturated rings. The van der Waals surface area contributed by atoms with E-state index >= 15 is 0 Å². The van der Waals surface area contributed by atoms with E-state index in [1.54, 1.807) is 6.26 Å². The van der Waals surface area contributed by atoms with Crippen LogP contribution in [0.15, 0.2) is 28.0 Å². The first-order chi connectivity index (χ1) is 14.6. The molecular formula is C22H31N5O2S. The van der Waals surface area contributed by atoms with E-state index in [-0.39, 0.29) is 5.91 Å². The molecule has 30 heavy (non-hydrogen) atoms. The van der Waals surface area contributed by atoms with Crippen molar-refractivity contribution >= 4 is 17.7 Å². The third-order valence-corrected chi connectivity index (χ3v) is 8.33. The topological polar surface area (TPSA) is 67.4 Å². The van der Waals surface area contributed by atoms with Crippen molar-refractivity contribution in [1.29, 1.82) is 0 Å². The zero-order valence-corrected chi connectivity index (χ0v) is 18.7. The highest BCUT2D eigenvalue weighted by Gasteiger charge is 2.43. The van der Waals surface area contributed by atoms with Gasteiger partial charge >= 0.3 is 0 Å². The van der Waals surface area contributed by atoms with Crippen molar-refractivity contribution in [3.8, 4) is 11.6 Å². The van der Waals surface area contributed by atoms with Gasteiger partial charge in [0.05, 0.1) is 12.0 Å². The molecule has 2 aromatic heterocycles. The standard InChI is InChI=1S/C22H31N5O2S/c1-15(18-13-16-5-6-17(18)12-16)27-21(19-4-3-11-29-19)23-24-22(27)30-14-20(28)26-9-7-25(2)8-10-26/h3-4,11,15-18H,5-10,12-14H2,1-2H3. The predicted molar refractivity (Wildman–Crippen MR) is 116 cm³/mol. The Balaban J connectivity index is 1.35. The first-order valence-electron chi connectivity index (χ1n) is 11.2. The maximum Gasteiger partial charge on any atom is 0.233 e. The summed E-state index contributed by atoms with van der Waals surface area (Å²) in [4.78, 5) is 17.0. The number of likely N-dealkylation sites (N-methyl/N-ethyl adjacent to an activating group) is 1. The molecule has 3 aliphatic rings. The Morgan fingerprint density at radius 3 is 2.73 bits per heavy atom. The summed E-state index contributed by atoms with van der Waals surface area (Å²) in [5, 5.41) is 9.81. The molecule has 4 atom stereocenters. The summed E-state index contributed by atoms with van der Waals surface area (Å²) >= 11 is 1.52. The molecule has 0 N–H and O–H groups in total. The number of carbonyl (C=O) groups excluding carboxylic acids is 1. The highest BCUT2D eigenvalue weighted by molar-refractivity contribution is 7.99. The SMILES string of the molecule is CC(C1CC2CCC1C2)n1c(SCC(=O)N2CCN(C)CC2)nnc1-c1ccco1. The maximum absolute atomic E-state index is 12.8. The Morgan fingerprint density at radius 1 is 1.23 bits per heavy atom. The highest BCUT2D eigenvalue weighted by atomic mass is 32.2. The lowest BCUT2D eigenvalue weighted by Crippen LogP contribution is -2.47. The Hall–Kier alpha value is -1.80. The van der Waals surface area contributed by atoms with E-state index in [0.717, 1.165) is 54.8 Å². The summed E-state index contributed by atoms with van der Waals surface area (Å²) in [5.41, 5.74) is 0. The maximum atomic E-state index is 12.8. The first-order valence-corrected chi connectivity index (χ1v) is 12.2. The number of furan rings is 1. The van der Waals surface area contributed by atoms with Crippen LogP contribution < -0.4 is 0 Å². The molecule has 5 rings (SSSR count). The third kappa shape index (κ3) is 3.80. The van der Waals surface area contributed by atoms with Crippen LogP contribution in [-0.4, -0.2) is 69.5 Å². The van der Waals surface area contributed by atoms with Gasteiger partial charge in [0, 0.05) is 32.2 Å². The van der Waals surface area contributed by atoms with Crippen molar-refractivity contribution in [3.63, 3.8) is 0 Å². The molecular weight excluding hydrogens is 398 g/mol. The fraction of sp³-hybridized carbons (Fsp3) is 0.682. The second kappa shape index (κ2) is 8.38. The molecule has 0 spiro atoms. The van der Waals surface area contributed by atoms with E-state index in [9.17, 15) is 4.79 Å². The number of aromatic nitrogens is 3. The van der Waals surface area contributed by atoms with Crippen LogP contribution in [0.25, 0.3) is 11.6 Å². The fourth-order valence-electron chi connectivity index (χ4n) is 5.67. The van der Waals surface area contributed by atoms with Gasteiger partial charge in [-0.25, -0.2) is 0 Å². The molecule has 7 nitrogen and oxygen atoms in total. The number of nitrogens with zero attached hydrogens (tertiary/aromatic N) is 5. The van der Waals surface area contributed by atoms with Crippen molar-refractivity contribution in [2.24, 2.45) is 17.8 Å². The van der Waals surface area contributed by atoms with Gasteiger partial charge < -0.3 is 14.2 Å². The minimum atomic E-state index is 0.190. The first kappa shape index (κ1) is 20.1. The second-order valence-corrected chi connectivity index (χ2v) is 10.1. The Morgan fingerprint density at radius 2 is 2.07 bits per heavy atom. The fourth-order valence-corrected chi connectivity index (χ4v) is 6.59. The van der Waals surface area contributed by atoms with Gasteiger partial charge in [0.1, 0.15) is 0 Å². The summed E-state index contributed by atoms with van der Waals surface area (Å²) < 4.78 is 7.91. The number of rotatable bonds is 6. The lowest BCUT2D eigenvalue weighted by Gasteiger charge is -2.32. The van der Waals surface area contributed by atoms with Crippen LogP contribution in [0.2, 0.25) is 0 Å². The van der Waals surface area contributed by atoms with E-state index in [2.05, 4.69) is 33.6 Å². The number of piperazine rings is 1. The Labute approximate surface area is 182 Å². The van der Waals surface area contributed by atoms with E-state index < -0.39 is 0 Å². The molecule has 0 aromatic carbocycles. The van der Waals surface area contributed by atoms with Crippen molar-refractivity contribution in [2.45, 2.75) is 43.8 Å². The van der Waals surface area contributed by atoms with Crippen LogP contribution in [-0.2, 0) is 4.79 Å². The van der Waals surface area contributed by atoms with Gasteiger partial charge in [-0.05, 0) is 63.1 Å². The minimum Gasteiger partial charge on any atom is -0.461 e. The van der Waals surface area contributed by atoms with E-state index in [1.807, 2.05) is 17.0 Å². The van der Waals surface area contributed by atoms with Crippen LogP contribution in [0.3, 0.4) is 0 Å². The molecule has 8 heteroatoms. The molecule has 2 aliphatic carbocycles. The average Bonchev–Trinajstić information content (AvgIpc) is 3.55. The van der Waals surface area contributed by atoms with Crippen molar-refractivity contribution in [2.75, 3.05) is 39.0 Å². The normalized spacial score (nSPS) is 27.7. The van der Waals surface area contributed by atoms with Crippen LogP contribution in [0, 0.1) is 17.8 Å². The lowest BCUT2D eigenvalue weighted by atomic mass is 9.84. The number of thioether (sulfide) groups is 1. The lowest BCUT2D eigenvalue weighted by molar-refractivity contribution is -0.129. The van der Waals surface area contributed by atoms with Crippen LogP contribution >= 0.6 is 11.8 Å². The van der Waals surface area contributed by atoms with Gasteiger partial charge in [0.2, 0.25) is 11.7 Å². The minimum absolute atomic E-state index is 0.190. The molecule has 1 saturated heterocycles. The molecule has 2 saturated carbocycles. The van der Waals surface area contributed by atoms with E-state index in [0.29, 0.717) is 17.7 Å². The smallest absolute Gasteiger partial charge is 0.233 e. The van der Waals surface area contributed by atoms with Crippen molar-refractivity contribution < 1.29 is 9.21 Å². The molecule has 162 valence electrons. The highest BCUT2D eigenvalue weighted by Crippen LogP contribution is 2.52. The average molecular weight is 430 g/mol.